The van der Waals surface area contributed by atoms with Crippen molar-refractivity contribution in [3.8, 4) is 0 Å². The number of carbonyl (C=O) groups excluding carboxylic acids is 1. The first-order valence-electron chi connectivity index (χ1n) is 5.54. The smallest absolute Gasteiger partial charge is 0.391 e. The molecule has 0 aliphatic carbocycles. The second kappa shape index (κ2) is 5.55. The van der Waals surface area contributed by atoms with Crippen molar-refractivity contribution in [1.29, 1.82) is 0 Å². The molecule has 0 saturated carbocycles. The first kappa shape index (κ1) is 14.7. The van der Waals surface area contributed by atoms with Gasteiger partial charge in [-0.2, -0.15) is 13.2 Å². The molecule has 3 N–H and O–H groups in total. The number of nitrogens with two attached hydrogens (primary N) is 1. The van der Waals surface area contributed by atoms with Crippen molar-refractivity contribution in [3.63, 3.8) is 0 Å². The Bertz CT molecular complexity index is 325. The Morgan fingerprint density at radius 3 is 2.22 bits per heavy atom. The third kappa shape index (κ3) is 3.86. The van der Waals surface area contributed by atoms with E-state index in [-0.39, 0.29) is 25.9 Å². The molecule has 1 aliphatic rings. The van der Waals surface area contributed by atoms with Gasteiger partial charge < -0.3 is 15.7 Å². The van der Waals surface area contributed by atoms with E-state index < -0.39 is 36.4 Å². The second-order valence-corrected chi connectivity index (χ2v) is 4.35. The quantitative estimate of drug-likeness (QED) is 0.784. The molecule has 104 valence electrons. The third-order valence-electron chi connectivity index (χ3n) is 2.98. The van der Waals surface area contributed by atoms with Gasteiger partial charge in [0.2, 0.25) is 5.91 Å². The highest BCUT2D eigenvalue weighted by atomic mass is 19.4. The molecule has 5 nitrogen and oxygen atoms in total. The van der Waals surface area contributed by atoms with Gasteiger partial charge in [-0.1, -0.05) is 0 Å². The van der Waals surface area contributed by atoms with E-state index in [4.69, 9.17) is 10.8 Å². The summed E-state index contributed by atoms with van der Waals surface area (Å²) >= 11 is 0. The van der Waals surface area contributed by atoms with Crippen molar-refractivity contribution in [2.24, 2.45) is 11.7 Å². The van der Waals surface area contributed by atoms with E-state index in [2.05, 4.69) is 0 Å². The number of carbonyl (C=O) groups is 2. The molecule has 0 aromatic carbocycles. The number of carboxylic acid groups (broad SMARTS) is 1. The minimum absolute atomic E-state index is 0.0314. The number of carboxylic acids is 1. The zero-order valence-corrected chi connectivity index (χ0v) is 9.61. The number of hydrogen-bond donors (Lipinski definition) is 2. The standard InChI is InChI=1S/C10H15F3N2O3/c11-10(12,13)6-1-3-15(4-2-6)9(18)7(14)5-8(16)17/h6-7H,1-5,14H2,(H,16,17). The molecule has 1 aliphatic heterocycles. The van der Waals surface area contributed by atoms with Crippen LogP contribution in [0.1, 0.15) is 19.3 Å². The number of nitrogens with zero attached hydrogens (tertiary/aromatic N) is 1. The molecule has 0 spiro atoms. The molecular formula is C10H15F3N2O3. The average molecular weight is 268 g/mol. The zero-order valence-electron chi connectivity index (χ0n) is 9.61. The Morgan fingerprint density at radius 2 is 1.83 bits per heavy atom. The van der Waals surface area contributed by atoms with Crippen molar-refractivity contribution in [1.82, 2.24) is 4.90 Å². The summed E-state index contributed by atoms with van der Waals surface area (Å²) in [6, 6.07) is -1.19. The van der Waals surface area contributed by atoms with Crippen LogP contribution in [0.4, 0.5) is 13.2 Å². The number of amides is 1. The Balaban J connectivity index is 2.48. The lowest BCUT2D eigenvalue weighted by atomic mass is 9.96. The molecular weight excluding hydrogens is 253 g/mol. The Hall–Kier alpha value is -1.31. The predicted molar refractivity (Wildman–Crippen MR) is 55.6 cm³/mol. The summed E-state index contributed by atoms with van der Waals surface area (Å²) in [5.41, 5.74) is 5.38. The lowest BCUT2D eigenvalue weighted by molar-refractivity contribution is -0.186. The van der Waals surface area contributed by atoms with Crippen molar-refractivity contribution in [2.45, 2.75) is 31.5 Å². The lowest BCUT2D eigenvalue weighted by Crippen LogP contribution is -2.49. The minimum Gasteiger partial charge on any atom is -0.481 e. The molecule has 1 unspecified atom stereocenters. The molecule has 1 heterocycles. The molecule has 1 fully saturated rings. The maximum absolute atomic E-state index is 12.4. The van der Waals surface area contributed by atoms with E-state index in [1.165, 1.54) is 4.90 Å². The van der Waals surface area contributed by atoms with E-state index in [0.29, 0.717) is 0 Å². The maximum Gasteiger partial charge on any atom is 0.391 e. The molecule has 0 aromatic rings. The van der Waals surface area contributed by atoms with Gasteiger partial charge in [0.05, 0.1) is 18.4 Å². The number of hydrogen-bond acceptors (Lipinski definition) is 3. The van der Waals surface area contributed by atoms with Crippen LogP contribution in [-0.2, 0) is 9.59 Å². The van der Waals surface area contributed by atoms with Crippen LogP contribution in [0.25, 0.3) is 0 Å². The number of piperidine rings is 1. The van der Waals surface area contributed by atoms with Crippen LogP contribution in [-0.4, -0.2) is 47.2 Å². The Kier molecular flexibility index (Phi) is 4.55. The molecule has 0 bridgehead atoms. The molecule has 1 atom stereocenters. The van der Waals surface area contributed by atoms with Gasteiger partial charge in [0.1, 0.15) is 0 Å². The summed E-state index contributed by atoms with van der Waals surface area (Å²) in [7, 11) is 0. The van der Waals surface area contributed by atoms with E-state index in [1.807, 2.05) is 0 Å². The SMILES string of the molecule is NC(CC(=O)O)C(=O)N1CCC(C(F)(F)F)CC1. The molecule has 1 amide bonds. The summed E-state index contributed by atoms with van der Waals surface area (Å²) in [6.45, 7) is -0.0628. The Labute approximate surface area is 102 Å². The summed E-state index contributed by atoms with van der Waals surface area (Å²) in [4.78, 5) is 23.2. The highest BCUT2D eigenvalue weighted by Crippen LogP contribution is 2.34. The largest absolute Gasteiger partial charge is 0.481 e. The molecule has 8 heteroatoms. The fourth-order valence-electron chi connectivity index (χ4n) is 1.94. The Morgan fingerprint density at radius 1 is 1.33 bits per heavy atom. The van der Waals surface area contributed by atoms with Gasteiger partial charge in [-0.3, -0.25) is 9.59 Å². The first-order valence-corrected chi connectivity index (χ1v) is 5.54. The second-order valence-electron chi connectivity index (χ2n) is 4.35. The van der Waals surface area contributed by atoms with Gasteiger partial charge in [0.15, 0.2) is 0 Å². The summed E-state index contributed by atoms with van der Waals surface area (Å²) in [6.07, 6.45) is -5.07. The van der Waals surface area contributed by atoms with Crippen LogP contribution in [0.3, 0.4) is 0 Å². The van der Waals surface area contributed by atoms with Gasteiger partial charge >= 0.3 is 12.1 Å². The van der Waals surface area contributed by atoms with E-state index in [9.17, 15) is 22.8 Å². The average Bonchev–Trinajstić information content (AvgIpc) is 2.26. The third-order valence-corrected chi connectivity index (χ3v) is 2.98. The van der Waals surface area contributed by atoms with Crippen molar-refractivity contribution < 1.29 is 27.9 Å². The zero-order chi connectivity index (χ0) is 13.9. The van der Waals surface area contributed by atoms with Crippen LogP contribution in [0.15, 0.2) is 0 Å². The predicted octanol–water partition coefficient (Wildman–Crippen LogP) is 0.589. The van der Waals surface area contributed by atoms with Gasteiger partial charge in [0, 0.05) is 13.1 Å². The van der Waals surface area contributed by atoms with Crippen molar-refractivity contribution in [3.05, 3.63) is 0 Å². The fraction of sp³-hybridized carbons (Fsp3) is 0.800. The van der Waals surface area contributed by atoms with Crippen LogP contribution < -0.4 is 5.73 Å². The van der Waals surface area contributed by atoms with E-state index in [1.54, 1.807) is 0 Å². The molecule has 0 aromatic heterocycles. The van der Waals surface area contributed by atoms with Crippen molar-refractivity contribution >= 4 is 11.9 Å². The van der Waals surface area contributed by atoms with Gasteiger partial charge in [0.25, 0.3) is 0 Å². The van der Waals surface area contributed by atoms with Crippen LogP contribution in [0.2, 0.25) is 0 Å². The molecule has 1 saturated heterocycles. The molecule has 18 heavy (non-hydrogen) atoms. The van der Waals surface area contributed by atoms with Crippen LogP contribution in [0.5, 0.6) is 0 Å². The summed E-state index contributed by atoms with van der Waals surface area (Å²) in [5, 5.41) is 8.48. The van der Waals surface area contributed by atoms with Gasteiger partial charge in [-0.05, 0) is 12.8 Å². The van der Waals surface area contributed by atoms with E-state index >= 15 is 0 Å². The number of likely N-dealkylation sites (tertiary alicyclic amines) is 1. The minimum atomic E-state index is -4.24. The molecule has 1 rings (SSSR count). The lowest BCUT2D eigenvalue weighted by Gasteiger charge is -2.34. The fourth-order valence-corrected chi connectivity index (χ4v) is 1.94. The summed E-state index contributed by atoms with van der Waals surface area (Å²) in [5.74, 6) is -3.20. The summed E-state index contributed by atoms with van der Waals surface area (Å²) < 4.78 is 37.2. The van der Waals surface area contributed by atoms with Crippen LogP contribution >= 0.6 is 0 Å². The molecule has 0 radical (unpaired) electrons. The van der Waals surface area contributed by atoms with E-state index in [0.717, 1.165) is 0 Å². The highest BCUT2D eigenvalue weighted by Gasteiger charge is 2.42. The highest BCUT2D eigenvalue weighted by molar-refractivity contribution is 5.86. The van der Waals surface area contributed by atoms with Crippen LogP contribution in [0, 0.1) is 5.92 Å². The normalized spacial score (nSPS) is 19.7. The van der Waals surface area contributed by atoms with Gasteiger partial charge in [-0.25, -0.2) is 0 Å². The monoisotopic (exact) mass is 268 g/mol. The first-order chi connectivity index (χ1) is 8.21. The topological polar surface area (TPSA) is 83.6 Å². The number of halogens is 3. The number of aliphatic carboxylic acids is 1. The van der Waals surface area contributed by atoms with Crippen molar-refractivity contribution in [2.75, 3.05) is 13.1 Å². The maximum atomic E-state index is 12.4. The number of rotatable bonds is 3. The van der Waals surface area contributed by atoms with Gasteiger partial charge in [-0.15, -0.1) is 0 Å². The number of alkyl halides is 3.